The summed E-state index contributed by atoms with van der Waals surface area (Å²) in [6.45, 7) is 2.89. The highest BCUT2D eigenvalue weighted by Crippen LogP contribution is 2.18. The SMILES string of the molecule is CCCC1=NOC(CNc2ccccc2C(=O)NOCc2ccc(C#N)cc2)C1. The molecule has 2 aromatic carbocycles. The van der Waals surface area contributed by atoms with Gasteiger partial charge >= 0.3 is 0 Å². The van der Waals surface area contributed by atoms with Crippen LogP contribution in [0.3, 0.4) is 0 Å². The summed E-state index contributed by atoms with van der Waals surface area (Å²) in [6, 6.07) is 16.3. The molecule has 0 radical (unpaired) electrons. The van der Waals surface area contributed by atoms with Gasteiger partial charge in [0, 0.05) is 12.1 Å². The first kappa shape index (κ1) is 20.4. The van der Waals surface area contributed by atoms with Crippen molar-refractivity contribution in [2.24, 2.45) is 5.16 Å². The Bertz CT molecular complexity index is 903. The highest BCUT2D eigenvalue weighted by molar-refractivity contribution is 5.99. The summed E-state index contributed by atoms with van der Waals surface area (Å²) in [6.07, 6.45) is 2.78. The molecule has 1 aliphatic heterocycles. The zero-order valence-corrected chi connectivity index (χ0v) is 16.4. The second-order valence-corrected chi connectivity index (χ2v) is 6.79. The number of anilines is 1. The van der Waals surface area contributed by atoms with E-state index >= 15 is 0 Å². The molecule has 1 atom stereocenters. The number of benzene rings is 2. The van der Waals surface area contributed by atoms with E-state index in [0.29, 0.717) is 23.4 Å². The van der Waals surface area contributed by atoms with Gasteiger partial charge in [0.05, 0.1) is 36.1 Å². The van der Waals surface area contributed by atoms with Crippen LogP contribution >= 0.6 is 0 Å². The van der Waals surface area contributed by atoms with E-state index in [1.165, 1.54) is 0 Å². The van der Waals surface area contributed by atoms with Crippen LogP contribution in [0.15, 0.2) is 53.7 Å². The molecule has 0 saturated carbocycles. The number of hydrogen-bond acceptors (Lipinski definition) is 6. The van der Waals surface area contributed by atoms with E-state index in [4.69, 9.17) is 14.9 Å². The van der Waals surface area contributed by atoms with Crippen molar-refractivity contribution in [3.8, 4) is 6.07 Å². The number of nitriles is 1. The Morgan fingerprint density at radius 3 is 2.83 bits per heavy atom. The van der Waals surface area contributed by atoms with Crippen LogP contribution in [0, 0.1) is 11.3 Å². The highest BCUT2D eigenvalue weighted by atomic mass is 16.7. The second-order valence-electron chi connectivity index (χ2n) is 6.79. The summed E-state index contributed by atoms with van der Waals surface area (Å²) in [5, 5.41) is 16.2. The van der Waals surface area contributed by atoms with Gasteiger partial charge in [0.15, 0.2) is 0 Å². The van der Waals surface area contributed by atoms with Crippen molar-refractivity contribution in [1.82, 2.24) is 5.48 Å². The number of oxime groups is 1. The summed E-state index contributed by atoms with van der Waals surface area (Å²) in [7, 11) is 0. The first-order valence-corrected chi connectivity index (χ1v) is 9.65. The van der Waals surface area contributed by atoms with E-state index in [2.05, 4.69) is 28.9 Å². The Kier molecular flexibility index (Phi) is 7.20. The fraction of sp³-hybridized carbons (Fsp3) is 0.318. The molecule has 0 aliphatic carbocycles. The van der Waals surface area contributed by atoms with Gasteiger partial charge in [-0.25, -0.2) is 5.48 Å². The van der Waals surface area contributed by atoms with Crippen LogP contribution < -0.4 is 10.8 Å². The number of hydroxylamine groups is 1. The molecule has 150 valence electrons. The van der Waals surface area contributed by atoms with Crippen molar-refractivity contribution in [1.29, 1.82) is 5.26 Å². The van der Waals surface area contributed by atoms with Gasteiger partial charge in [0.2, 0.25) is 0 Å². The minimum atomic E-state index is -0.336. The maximum absolute atomic E-state index is 12.5. The summed E-state index contributed by atoms with van der Waals surface area (Å²) >= 11 is 0. The standard InChI is InChI=1S/C22H24N4O3/c1-2-5-18-12-19(29-25-18)14-24-21-7-4-3-6-20(21)22(27)26-28-15-17-10-8-16(13-23)9-11-17/h3-4,6-11,19,24H,2,5,12,14-15H2,1H3,(H,26,27). The third-order valence-electron chi connectivity index (χ3n) is 4.51. The molecule has 1 aliphatic rings. The number of rotatable bonds is 9. The van der Waals surface area contributed by atoms with E-state index in [1.807, 2.05) is 12.1 Å². The van der Waals surface area contributed by atoms with Crippen molar-refractivity contribution in [3.05, 3.63) is 65.2 Å². The minimum Gasteiger partial charge on any atom is -0.390 e. The van der Waals surface area contributed by atoms with Crippen LogP contribution in [0.2, 0.25) is 0 Å². The molecule has 7 heteroatoms. The predicted molar refractivity (Wildman–Crippen MR) is 110 cm³/mol. The average molecular weight is 392 g/mol. The van der Waals surface area contributed by atoms with E-state index in [-0.39, 0.29) is 18.6 Å². The second kappa shape index (κ2) is 10.2. The molecule has 1 amide bonds. The Balaban J connectivity index is 1.50. The molecule has 0 fully saturated rings. The van der Waals surface area contributed by atoms with E-state index in [0.717, 1.165) is 30.5 Å². The lowest BCUT2D eigenvalue weighted by atomic mass is 10.1. The van der Waals surface area contributed by atoms with Crippen LogP contribution in [0.5, 0.6) is 0 Å². The van der Waals surface area contributed by atoms with Crippen LogP contribution in [0.4, 0.5) is 5.69 Å². The van der Waals surface area contributed by atoms with Crippen LogP contribution in [0.1, 0.15) is 47.7 Å². The maximum atomic E-state index is 12.5. The van der Waals surface area contributed by atoms with Gasteiger partial charge in [-0.15, -0.1) is 0 Å². The fourth-order valence-corrected chi connectivity index (χ4v) is 3.01. The molecule has 2 aromatic rings. The van der Waals surface area contributed by atoms with Gasteiger partial charge in [-0.2, -0.15) is 5.26 Å². The van der Waals surface area contributed by atoms with Crippen molar-refractivity contribution >= 4 is 17.3 Å². The quantitative estimate of drug-likeness (QED) is 0.633. The Labute approximate surface area is 170 Å². The molecule has 1 unspecified atom stereocenters. The van der Waals surface area contributed by atoms with Gasteiger partial charge in [0.1, 0.15) is 6.10 Å². The monoisotopic (exact) mass is 392 g/mol. The Morgan fingerprint density at radius 1 is 1.28 bits per heavy atom. The molecule has 0 spiro atoms. The smallest absolute Gasteiger partial charge is 0.276 e. The number of carbonyl (C=O) groups excluding carboxylic acids is 1. The Morgan fingerprint density at radius 2 is 2.07 bits per heavy atom. The summed E-state index contributed by atoms with van der Waals surface area (Å²) in [5.41, 5.74) is 6.19. The lowest BCUT2D eigenvalue weighted by molar-refractivity contribution is 0.0234. The molecule has 0 saturated heterocycles. The van der Waals surface area contributed by atoms with Crippen molar-refractivity contribution in [2.45, 2.75) is 38.9 Å². The molecule has 0 aromatic heterocycles. The molecule has 0 bridgehead atoms. The lowest BCUT2D eigenvalue weighted by Gasteiger charge is -2.14. The zero-order chi connectivity index (χ0) is 20.5. The van der Waals surface area contributed by atoms with Gasteiger partial charge in [0.25, 0.3) is 5.91 Å². The third kappa shape index (κ3) is 5.80. The topological polar surface area (TPSA) is 95.7 Å². The van der Waals surface area contributed by atoms with Crippen LogP contribution in [-0.2, 0) is 16.3 Å². The fourth-order valence-electron chi connectivity index (χ4n) is 3.01. The number of nitrogens with zero attached hydrogens (tertiary/aromatic N) is 2. The van der Waals surface area contributed by atoms with Gasteiger partial charge in [-0.05, 0) is 36.2 Å². The summed E-state index contributed by atoms with van der Waals surface area (Å²) in [5.74, 6) is -0.336. The molecule has 1 heterocycles. The van der Waals surface area contributed by atoms with Gasteiger partial charge < -0.3 is 10.2 Å². The zero-order valence-electron chi connectivity index (χ0n) is 16.4. The molecule has 7 nitrogen and oxygen atoms in total. The lowest BCUT2D eigenvalue weighted by Crippen LogP contribution is -2.26. The van der Waals surface area contributed by atoms with E-state index < -0.39 is 0 Å². The molecule has 3 rings (SSSR count). The molecular formula is C22H24N4O3. The minimum absolute atomic E-state index is 0.0275. The number of hydrogen-bond donors (Lipinski definition) is 2. The van der Waals surface area contributed by atoms with Crippen LogP contribution in [0.25, 0.3) is 0 Å². The normalized spacial score (nSPS) is 15.2. The number of amides is 1. The largest absolute Gasteiger partial charge is 0.390 e. The number of para-hydroxylation sites is 1. The van der Waals surface area contributed by atoms with Gasteiger partial charge in [-0.1, -0.05) is 42.8 Å². The molecular weight excluding hydrogens is 368 g/mol. The Hall–Kier alpha value is -3.37. The average Bonchev–Trinajstić information content (AvgIpc) is 3.20. The molecule has 29 heavy (non-hydrogen) atoms. The third-order valence-corrected chi connectivity index (χ3v) is 4.51. The van der Waals surface area contributed by atoms with E-state index in [9.17, 15) is 4.79 Å². The van der Waals surface area contributed by atoms with Crippen molar-refractivity contribution in [2.75, 3.05) is 11.9 Å². The molecule has 2 N–H and O–H groups in total. The van der Waals surface area contributed by atoms with Crippen molar-refractivity contribution < 1.29 is 14.5 Å². The van der Waals surface area contributed by atoms with Crippen LogP contribution in [-0.4, -0.2) is 24.3 Å². The summed E-state index contributed by atoms with van der Waals surface area (Å²) in [4.78, 5) is 23.3. The summed E-state index contributed by atoms with van der Waals surface area (Å²) < 4.78 is 0. The maximum Gasteiger partial charge on any atom is 0.276 e. The highest BCUT2D eigenvalue weighted by Gasteiger charge is 2.21. The first-order valence-electron chi connectivity index (χ1n) is 9.65. The van der Waals surface area contributed by atoms with Gasteiger partial charge in [-0.3, -0.25) is 9.63 Å². The predicted octanol–water partition coefficient (Wildman–Crippen LogP) is 3.78. The van der Waals surface area contributed by atoms with Crippen molar-refractivity contribution in [3.63, 3.8) is 0 Å². The number of carbonyl (C=O) groups is 1. The van der Waals surface area contributed by atoms with E-state index in [1.54, 1.807) is 36.4 Å². The first-order chi connectivity index (χ1) is 14.2. The number of nitrogens with one attached hydrogen (secondary N) is 2.